The normalized spacial score (nSPS) is 10.2. The highest BCUT2D eigenvalue weighted by atomic mass is 32.1. The molecule has 0 saturated heterocycles. The molecule has 18 heavy (non-hydrogen) atoms. The van der Waals surface area contributed by atoms with Gasteiger partial charge >= 0.3 is 0 Å². The van der Waals surface area contributed by atoms with Crippen LogP contribution in [0.2, 0.25) is 0 Å². The summed E-state index contributed by atoms with van der Waals surface area (Å²) >= 11 is 1.47. The average molecular weight is 261 g/mol. The van der Waals surface area contributed by atoms with Gasteiger partial charge in [-0.1, -0.05) is 6.07 Å². The molecule has 0 atom stereocenters. The molecule has 4 nitrogen and oxygen atoms in total. The fraction of sp³-hybridized carbons (Fsp3) is 0.231. The van der Waals surface area contributed by atoms with Crippen LogP contribution in [-0.2, 0) is 0 Å². The fourth-order valence-electron chi connectivity index (χ4n) is 1.51. The van der Waals surface area contributed by atoms with Crippen molar-refractivity contribution < 1.29 is 4.79 Å². The molecule has 94 valence electrons. The molecule has 5 heteroatoms. The summed E-state index contributed by atoms with van der Waals surface area (Å²) in [6, 6.07) is 7.49. The maximum Gasteiger partial charge on any atom is 0.257 e. The van der Waals surface area contributed by atoms with E-state index in [-0.39, 0.29) is 5.91 Å². The summed E-state index contributed by atoms with van der Waals surface area (Å²) < 4.78 is 0. The van der Waals surface area contributed by atoms with Gasteiger partial charge in [-0.3, -0.25) is 10.1 Å². The van der Waals surface area contributed by atoms with Crippen molar-refractivity contribution in [2.45, 2.75) is 6.92 Å². The van der Waals surface area contributed by atoms with Crippen molar-refractivity contribution in [3.05, 3.63) is 40.9 Å². The number of anilines is 2. The predicted octanol–water partition coefficient (Wildman–Crippen LogP) is 2.77. The highest BCUT2D eigenvalue weighted by Crippen LogP contribution is 2.19. The summed E-state index contributed by atoms with van der Waals surface area (Å²) in [4.78, 5) is 19.2. The van der Waals surface area contributed by atoms with Crippen molar-refractivity contribution in [2.24, 2.45) is 0 Å². The van der Waals surface area contributed by atoms with Gasteiger partial charge in [0.2, 0.25) is 0 Å². The third-order valence-electron chi connectivity index (χ3n) is 2.47. The minimum Gasteiger partial charge on any atom is -0.378 e. The number of benzene rings is 1. The Balaban J connectivity index is 2.16. The second kappa shape index (κ2) is 5.18. The number of hydrogen-bond acceptors (Lipinski definition) is 4. The number of nitrogens with one attached hydrogen (secondary N) is 1. The van der Waals surface area contributed by atoms with Gasteiger partial charge in [-0.2, -0.15) is 0 Å². The molecule has 1 aromatic heterocycles. The number of thiazole rings is 1. The molecule has 0 aliphatic carbocycles. The van der Waals surface area contributed by atoms with Crippen molar-refractivity contribution in [2.75, 3.05) is 24.3 Å². The zero-order valence-corrected chi connectivity index (χ0v) is 11.4. The van der Waals surface area contributed by atoms with E-state index in [1.165, 1.54) is 11.3 Å². The van der Waals surface area contributed by atoms with Crippen molar-refractivity contribution in [3.8, 4) is 0 Å². The summed E-state index contributed by atoms with van der Waals surface area (Å²) in [5.41, 5.74) is 1.63. The second-order valence-electron chi connectivity index (χ2n) is 4.17. The molecule has 1 aromatic carbocycles. The number of carbonyl (C=O) groups excluding carboxylic acids is 1. The van der Waals surface area contributed by atoms with E-state index in [2.05, 4.69) is 10.3 Å². The van der Waals surface area contributed by atoms with Crippen LogP contribution in [0.1, 0.15) is 15.2 Å². The number of amides is 1. The summed E-state index contributed by atoms with van der Waals surface area (Å²) in [6.45, 7) is 1.96. The van der Waals surface area contributed by atoms with Gasteiger partial charge in [-0.25, -0.2) is 4.98 Å². The maximum atomic E-state index is 12.0. The highest BCUT2D eigenvalue weighted by Gasteiger charge is 2.09. The fourth-order valence-corrected chi connectivity index (χ4v) is 2.17. The summed E-state index contributed by atoms with van der Waals surface area (Å²) in [5, 5.41) is 3.43. The lowest BCUT2D eigenvalue weighted by Crippen LogP contribution is -2.14. The molecule has 0 unspecified atom stereocenters. The number of nitrogens with zero attached hydrogens (tertiary/aromatic N) is 2. The van der Waals surface area contributed by atoms with Crippen LogP contribution in [-0.4, -0.2) is 25.0 Å². The van der Waals surface area contributed by atoms with E-state index in [1.807, 2.05) is 44.1 Å². The van der Waals surface area contributed by atoms with Crippen LogP contribution < -0.4 is 10.2 Å². The minimum atomic E-state index is -0.131. The lowest BCUT2D eigenvalue weighted by molar-refractivity contribution is 0.102. The molecular weight excluding hydrogens is 246 g/mol. The maximum absolute atomic E-state index is 12.0. The van der Waals surface area contributed by atoms with Crippen molar-refractivity contribution in [3.63, 3.8) is 0 Å². The van der Waals surface area contributed by atoms with Gasteiger partial charge in [0, 0.05) is 36.4 Å². The molecule has 1 amide bonds. The zero-order valence-electron chi connectivity index (χ0n) is 10.6. The van der Waals surface area contributed by atoms with Gasteiger partial charge in [-0.15, -0.1) is 11.3 Å². The van der Waals surface area contributed by atoms with Crippen LogP contribution in [0.15, 0.2) is 30.5 Å². The van der Waals surface area contributed by atoms with Gasteiger partial charge in [0.25, 0.3) is 5.91 Å². The van der Waals surface area contributed by atoms with Crippen molar-refractivity contribution in [1.82, 2.24) is 4.98 Å². The smallest absolute Gasteiger partial charge is 0.257 e. The molecule has 0 aliphatic heterocycles. The second-order valence-corrected chi connectivity index (χ2v) is 5.41. The van der Waals surface area contributed by atoms with E-state index in [9.17, 15) is 4.79 Å². The van der Waals surface area contributed by atoms with E-state index in [4.69, 9.17) is 0 Å². The Morgan fingerprint density at radius 1 is 1.39 bits per heavy atom. The van der Waals surface area contributed by atoms with Crippen LogP contribution in [0.25, 0.3) is 0 Å². The molecule has 0 saturated carbocycles. The van der Waals surface area contributed by atoms with Crippen LogP contribution in [0.3, 0.4) is 0 Å². The first-order valence-electron chi connectivity index (χ1n) is 5.57. The largest absolute Gasteiger partial charge is 0.378 e. The molecule has 0 aliphatic rings. The summed E-state index contributed by atoms with van der Waals surface area (Å²) in [7, 11) is 3.89. The van der Waals surface area contributed by atoms with E-state index in [0.717, 1.165) is 10.6 Å². The van der Waals surface area contributed by atoms with E-state index >= 15 is 0 Å². The molecule has 0 bridgehead atoms. The third kappa shape index (κ3) is 2.87. The average Bonchev–Trinajstić information content (AvgIpc) is 2.75. The zero-order chi connectivity index (χ0) is 13.1. The Labute approximate surface area is 110 Å². The first-order valence-corrected chi connectivity index (χ1v) is 6.39. The van der Waals surface area contributed by atoms with Gasteiger partial charge in [0.05, 0.1) is 0 Å². The summed E-state index contributed by atoms with van der Waals surface area (Å²) in [6.07, 6.45) is 1.75. The number of carbonyl (C=O) groups is 1. The van der Waals surface area contributed by atoms with E-state index in [0.29, 0.717) is 10.7 Å². The van der Waals surface area contributed by atoms with Gasteiger partial charge in [-0.05, 0) is 25.1 Å². The topological polar surface area (TPSA) is 45.2 Å². The molecule has 0 radical (unpaired) electrons. The molecule has 2 rings (SSSR count). The monoisotopic (exact) mass is 261 g/mol. The van der Waals surface area contributed by atoms with Crippen LogP contribution in [0.5, 0.6) is 0 Å². The van der Waals surface area contributed by atoms with Crippen molar-refractivity contribution in [1.29, 1.82) is 0 Å². The van der Waals surface area contributed by atoms with E-state index in [1.54, 1.807) is 12.3 Å². The SMILES string of the molecule is Cc1cnc(NC(=O)c2cccc(N(C)C)c2)s1. The quantitative estimate of drug-likeness (QED) is 0.924. The van der Waals surface area contributed by atoms with Crippen LogP contribution in [0.4, 0.5) is 10.8 Å². The highest BCUT2D eigenvalue weighted by molar-refractivity contribution is 7.15. The first-order chi connectivity index (χ1) is 8.56. The molecule has 0 spiro atoms. The number of rotatable bonds is 3. The molecule has 1 N–H and O–H groups in total. The van der Waals surface area contributed by atoms with Crippen LogP contribution in [0, 0.1) is 6.92 Å². The van der Waals surface area contributed by atoms with Gasteiger partial charge in [0.15, 0.2) is 5.13 Å². The number of aromatic nitrogens is 1. The molecule has 2 aromatic rings. The van der Waals surface area contributed by atoms with Crippen molar-refractivity contribution >= 4 is 28.1 Å². The standard InChI is InChI=1S/C13H15N3OS/c1-9-8-14-13(18-9)15-12(17)10-5-4-6-11(7-10)16(2)3/h4-8H,1-3H3,(H,14,15,17). The third-order valence-corrected chi connectivity index (χ3v) is 3.29. The Morgan fingerprint density at radius 3 is 2.78 bits per heavy atom. The van der Waals surface area contributed by atoms with E-state index < -0.39 is 0 Å². The Kier molecular flexibility index (Phi) is 3.62. The summed E-state index contributed by atoms with van der Waals surface area (Å²) in [5.74, 6) is -0.131. The molecular formula is C13H15N3OS. The van der Waals surface area contributed by atoms with Gasteiger partial charge < -0.3 is 4.90 Å². The minimum absolute atomic E-state index is 0.131. The first kappa shape index (κ1) is 12.6. The predicted molar refractivity (Wildman–Crippen MR) is 75.6 cm³/mol. The molecule has 0 fully saturated rings. The van der Waals surface area contributed by atoms with Gasteiger partial charge in [0.1, 0.15) is 0 Å². The lowest BCUT2D eigenvalue weighted by atomic mass is 10.2. The Hall–Kier alpha value is -1.88. The number of hydrogen-bond donors (Lipinski definition) is 1. The lowest BCUT2D eigenvalue weighted by Gasteiger charge is -2.13. The van der Waals surface area contributed by atoms with Crippen LogP contribution >= 0.6 is 11.3 Å². The Bertz CT molecular complexity index is 563. The Morgan fingerprint density at radius 2 is 2.17 bits per heavy atom. The number of aryl methyl sites for hydroxylation is 1. The molecule has 1 heterocycles.